The van der Waals surface area contributed by atoms with Crippen LogP contribution in [0, 0.1) is 0 Å². The number of nitrogens with one attached hydrogen (secondary N) is 1. The molecule has 90 valence electrons. The summed E-state index contributed by atoms with van der Waals surface area (Å²) in [6.45, 7) is 10.1. The Bertz CT molecular complexity index is 190. The second-order valence-electron chi connectivity index (χ2n) is 5.58. The van der Waals surface area contributed by atoms with Gasteiger partial charge in [0.25, 0.3) is 0 Å². The van der Waals surface area contributed by atoms with E-state index in [0.29, 0.717) is 5.54 Å². The van der Waals surface area contributed by atoms with E-state index in [2.05, 4.69) is 31.0 Å². The summed E-state index contributed by atoms with van der Waals surface area (Å²) in [4.78, 5) is 2.54. The minimum Gasteiger partial charge on any atom is -0.377 e. The molecule has 1 aliphatic heterocycles. The van der Waals surface area contributed by atoms with Gasteiger partial charge in [-0.05, 0) is 40.7 Å². The van der Waals surface area contributed by atoms with Crippen molar-refractivity contribution in [1.82, 2.24) is 10.2 Å². The average molecular weight is 214 g/mol. The fraction of sp³-hybridized carbons (Fsp3) is 1.00. The summed E-state index contributed by atoms with van der Waals surface area (Å²) in [6.07, 6.45) is 2.25. The largest absolute Gasteiger partial charge is 0.377 e. The molecule has 0 aromatic carbocycles. The molecule has 3 nitrogen and oxygen atoms in total. The molecule has 3 heteroatoms. The summed E-state index contributed by atoms with van der Waals surface area (Å²) in [7, 11) is 3.83. The van der Waals surface area contributed by atoms with Crippen molar-refractivity contribution < 1.29 is 4.74 Å². The normalized spacial score (nSPS) is 23.0. The minimum absolute atomic E-state index is 0.0660. The monoisotopic (exact) mass is 214 g/mol. The molecular weight excluding hydrogens is 188 g/mol. The van der Waals surface area contributed by atoms with Crippen molar-refractivity contribution in [2.75, 3.05) is 33.8 Å². The number of likely N-dealkylation sites (tertiary alicyclic amines) is 1. The van der Waals surface area contributed by atoms with Gasteiger partial charge in [0.05, 0.1) is 5.60 Å². The zero-order chi connectivity index (χ0) is 11.5. The van der Waals surface area contributed by atoms with Crippen molar-refractivity contribution in [3.8, 4) is 0 Å². The molecule has 0 radical (unpaired) electrons. The molecule has 1 N–H and O–H groups in total. The Morgan fingerprint density at radius 3 is 2.13 bits per heavy atom. The van der Waals surface area contributed by atoms with Crippen LogP contribution >= 0.6 is 0 Å². The second kappa shape index (κ2) is 4.81. The first-order valence-electron chi connectivity index (χ1n) is 5.88. The van der Waals surface area contributed by atoms with Gasteiger partial charge in [-0.25, -0.2) is 0 Å². The van der Waals surface area contributed by atoms with Crippen LogP contribution in [0.3, 0.4) is 0 Å². The van der Waals surface area contributed by atoms with Crippen LogP contribution in [0.15, 0.2) is 0 Å². The van der Waals surface area contributed by atoms with Crippen molar-refractivity contribution >= 4 is 0 Å². The fourth-order valence-electron chi connectivity index (χ4n) is 2.36. The van der Waals surface area contributed by atoms with Crippen LogP contribution in [-0.2, 0) is 4.74 Å². The van der Waals surface area contributed by atoms with Gasteiger partial charge in [-0.3, -0.25) is 4.90 Å². The van der Waals surface area contributed by atoms with Crippen molar-refractivity contribution in [3.05, 3.63) is 0 Å². The molecule has 1 saturated heterocycles. The van der Waals surface area contributed by atoms with Crippen molar-refractivity contribution in [2.45, 2.75) is 44.8 Å². The first-order chi connectivity index (χ1) is 6.93. The van der Waals surface area contributed by atoms with Crippen molar-refractivity contribution in [1.29, 1.82) is 0 Å². The van der Waals surface area contributed by atoms with E-state index in [4.69, 9.17) is 4.74 Å². The molecule has 0 unspecified atom stereocenters. The lowest BCUT2D eigenvalue weighted by atomic mass is 9.88. The van der Waals surface area contributed by atoms with E-state index < -0.39 is 0 Å². The van der Waals surface area contributed by atoms with Gasteiger partial charge in [-0.2, -0.15) is 0 Å². The first kappa shape index (κ1) is 12.9. The molecule has 0 saturated carbocycles. The standard InChI is InChI=1S/C12H26N2O/c1-11(2,3)14-8-6-12(15-5,7-9-14)10-13-4/h13H,6-10H2,1-5H3. The fourth-order valence-corrected chi connectivity index (χ4v) is 2.36. The zero-order valence-electron chi connectivity index (χ0n) is 10.9. The van der Waals surface area contributed by atoms with Gasteiger partial charge >= 0.3 is 0 Å². The van der Waals surface area contributed by atoms with Gasteiger partial charge in [-0.15, -0.1) is 0 Å². The Hall–Kier alpha value is -0.120. The molecular formula is C12H26N2O. The lowest BCUT2D eigenvalue weighted by Crippen LogP contribution is -2.54. The van der Waals surface area contributed by atoms with E-state index in [9.17, 15) is 0 Å². The van der Waals surface area contributed by atoms with Gasteiger partial charge in [-0.1, -0.05) is 0 Å². The van der Waals surface area contributed by atoms with Gasteiger partial charge in [0.15, 0.2) is 0 Å². The summed E-state index contributed by atoms with van der Waals surface area (Å²) < 4.78 is 5.69. The van der Waals surface area contributed by atoms with Crippen LogP contribution < -0.4 is 5.32 Å². The van der Waals surface area contributed by atoms with Gasteiger partial charge < -0.3 is 10.1 Å². The molecule has 0 aromatic heterocycles. The smallest absolute Gasteiger partial charge is 0.0826 e. The number of hydrogen-bond acceptors (Lipinski definition) is 3. The van der Waals surface area contributed by atoms with Crippen LogP contribution in [0.2, 0.25) is 0 Å². The average Bonchev–Trinajstić information content (AvgIpc) is 2.17. The number of ether oxygens (including phenoxy) is 1. The molecule has 1 aliphatic rings. The Balaban J connectivity index is 2.53. The highest BCUT2D eigenvalue weighted by Crippen LogP contribution is 2.28. The summed E-state index contributed by atoms with van der Waals surface area (Å²) in [5, 5.41) is 3.24. The Morgan fingerprint density at radius 1 is 1.27 bits per heavy atom. The summed E-state index contributed by atoms with van der Waals surface area (Å²) in [5.41, 5.74) is 0.357. The minimum atomic E-state index is 0.0660. The molecule has 0 aromatic rings. The molecule has 1 rings (SSSR count). The summed E-state index contributed by atoms with van der Waals surface area (Å²) in [6, 6.07) is 0. The lowest BCUT2D eigenvalue weighted by molar-refractivity contribution is -0.0685. The topological polar surface area (TPSA) is 24.5 Å². The van der Waals surface area contributed by atoms with Crippen LogP contribution in [0.5, 0.6) is 0 Å². The molecule has 0 amide bonds. The molecule has 0 aliphatic carbocycles. The molecule has 0 atom stereocenters. The van der Waals surface area contributed by atoms with Crippen LogP contribution in [0.25, 0.3) is 0 Å². The van der Waals surface area contributed by atoms with E-state index in [0.717, 1.165) is 32.5 Å². The van der Waals surface area contributed by atoms with Gasteiger partial charge in [0.2, 0.25) is 0 Å². The highest BCUT2D eigenvalue weighted by atomic mass is 16.5. The Labute approximate surface area is 94.2 Å². The third kappa shape index (κ3) is 3.16. The van der Waals surface area contributed by atoms with E-state index in [1.54, 1.807) is 0 Å². The number of nitrogens with zero attached hydrogens (tertiary/aromatic N) is 1. The van der Waals surface area contributed by atoms with E-state index in [1.807, 2.05) is 14.2 Å². The number of rotatable bonds is 3. The SMILES string of the molecule is CNCC1(OC)CCN(C(C)(C)C)CC1. The number of likely N-dealkylation sites (N-methyl/N-ethyl adjacent to an activating group) is 1. The predicted octanol–water partition coefficient (Wildman–Crippen LogP) is 1.49. The first-order valence-corrected chi connectivity index (χ1v) is 5.88. The zero-order valence-corrected chi connectivity index (χ0v) is 10.9. The predicted molar refractivity (Wildman–Crippen MR) is 64.2 cm³/mol. The van der Waals surface area contributed by atoms with Crippen molar-refractivity contribution in [3.63, 3.8) is 0 Å². The second-order valence-corrected chi connectivity index (χ2v) is 5.58. The Morgan fingerprint density at radius 2 is 1.80 bits per heavy atom. The maximum atomic E-state index is 5.69. The quantitative estimate of drug-likeness (QED) is 0.770. The highest BCUT2D eigenvalue weighted by molar-refractivity contribution is 4.92. The van der Waals surface area contributed by atoms with E-state index in [-0.39, 0.29) is 5.60 Å². The summed E-state index contributed by atoms with van der Waals surface area (Å²) in [5.74, 6) is 0. The summed E-state index contributed by atoms with van der Waals surface area (Å²) >= 11 is 0. The highest BCUT2D eigenvalue weighted by Gasteiger charge is 2.36. The molecule has 1 fully saturated rings. The van der Waals surface area contributed by atoms with E-state index >= 15 is 0 Å². The van der Waals surface area contributed by atoms with Crippen LogP contribution in [-0.4, -0.2) is 49.8 Å². The molecule has 0 spiro atoms. The Kier molecular flexibility index (Phi) is 4.15. The van der Waals surface area contributed by atoms with Crippen LogP contribution in [0.4, 0.5) is 0 Å². The van der Waals surface area contributed by atoms with E-state index in [1.165, 1.54) is 0 Å². The number of methoxy groups -OCH3 is 1. The van der Waals surface area contributed by atoms with Crippen molar-refractivity contribution in [2.24, 2.45) is 0 Å². The maximum Gasteiger partial charge on any atom is 0.0826 e. The van der Waals surface area contributed by atoms with Crippen LogP contribution in [0.1, 0.15) is 33.6 Å². The molecule has 0 bridgehead atoms. The van der Waals surface area contributed by atoms with Gasteiger partial charge in [0.1, 0.15) is 0 Å². The molecule has 15 heavy (non-hydrogen) atoms. The molecule has 1 heterocycles. The third-order valence-corrected chi connectivity index (χ3v) is 3.56. The van der Waals surface area contributed by atoms with Gasteiger partial charge in [0, 0.05) is 32.3 Å². The third-order valence-electron chi connectivity index (χ3n) is 3.56. The number of hydrogen-bond donors (Lipinski definition) is 1. The number of piperidine rings is 1. The maximum absolute atomic E-state index is 5.69. The lowest BCUT2D eigenvalue weighted by Gasteiger charge is -2.45.